The Morgan fingerprint density at radius 3 is 1.00 bits per heavy atom. The lowest BCUT2D eigenvalue weighted by molar-refractivity contribution is -0.155. The molecule has 58 heavy (non-hydrogen) atoms. The van der Waals surface area contributed by atoms with E-state index in [9.17, 15) is 28.8 Å². The Bertz CT molecular complexity index is 1150. The molecule has 2 atom stereocenters. The zero-order chi connectivity index (χ0) is 41.2. The molecule has 0 spiro atoms. The molecule has 0 aromatic rings. The molecule has 4 N–H and O–H groups in total. The molecular weight excluding hydrogens is 752 g/mol. The third-order valence-corrected chi connectivity index (χ3v) is 11.4. The van der Waals surface area contributed by atoms with E-state index in [4.69, 9.17) is 28.4 Å². The molecule has 4 saturated carbocycles. The number of nitrogens with one attached hydrogen (secondary N) is 4. The van der Waals surface area contributed by atoms with Crippen molar-refractivity contribution in [3.8, 4) is 0 Å². The number of alkyl carbamates (subject to hydrolysis) is 4. The molecule has 0 saturated heterocycles. The van der Waals surface area contributed by atoms with Crippen molar-refractivity contribution in [3.05, 3.63) is 0 Å². The lowest BCUT2D eigenvalue weighted by Crippen LogP contribution is -2.44. The average Bonchev–Trinajstić information content (AvgIpc) is 3.22. The minimum absolute atomic E-state index is 0.0480. The van der Waals surface area contributed by atoms with E-state index in [1.165, 1.54) is 0 Å². The van der Waals surface area contributed by atoms with Crippen molar-refractivity contribution in [2.45, 2.75) is 203 Å². The van der Waals surface area contributed by atoms with E-state index in [2.05, 4.69) is 21.3 Å². The lowest BCUT2D eigenvalue weighted by Gasteiger charge is -2.24. The van der Waals surface area contributed by atoms with Crippen LogP contribution in [0.25, 0.3) is 0 Å². The van der Waals surface area contributed by atoms with E-state index in [-0.39, 0.29) is 50.5 Å². The van der Waals surface area contributed by atoms with E-state index in [0.717, 1.165) is 128 Å². The van der Waals surface area contributed by atoms with E-state index in [1.807, 2.05) is 0 Å². The van der Waals surface area contributed by atoms with Crippen LogP contribution in [0.1, 0.15) is 167 Å². The number of hydrogen-bond donors (Lipinski definition) is 4. The Labute approximate surface area is 344 Å². The number of esters is 2. The van der Waals surface area contributed by atoms with Gasteiger partial charge in [0.05, 0.1) is 0 Å². The Balaban J connectivity index is 1.20. The van der Waals surface area contributed by atoms with Crippen LogP contribution in [0.4, 0.5) is 19.2 Å². The van der Waals surface area contributed by atoms with E-state index in [1.54, 1.807) is 0 Å². The molecule has 0 radical (unpaired) electrons. The van der Waals surface area contributed by atoms with Gasteiger partial charge >= 0.3 is 36.3 Å². The Kier molecular flexibility index (Phi) is 22.3. The summed E-state index contributed by atoms with van der Waals surface area (Å²) in [5.74, 6) is -1.41. The smallest absolute Gasteiger partial charge is 0.408 e. The predicted molar refractivity (Wildman–Crippen MR) is 213 cm³/mol. The third kappa shape index (κ3) is 19.6. The molecule has 0 aromatic heterocycles. The monoisotopic (exact) mass is 822 g/mol. The molecule has 4 aliphatic rings. The highest BCUT2D eigenvalue weighted by atomic mass is 16.6. The second-order valence-corrected chi connectivity index (χ2v) is 16.2. The van der Waals surface area contributed by atoms with Crippen molar-refractivity contribution < 1.29 is 57.2 Å². The first-order chi connectivity index (χ1) is 28.2. The SMILES string of the molecule is O=C(NCCCCC(NC(=O)OC1CCCCC1)C(=O)OCCOC(=O)C(CCCCNC(=O)OC1CCCCC1)NC(=O)OC1CCCCC1)OC1CCCCC1. The fourth-order valence-corrected chi connectivity index (χ4v) is 8.08. The van der Waals surface area contributed by atoms with Crippen molar-refractivity contribution in [2.24, 2.45) is 0 Å². The van der Waals surface area contributed by atoms with Gasteiger partial charge in [0.2, 0.25) is 0 Å². The van der Waals surface area contributed by atoms with Gasteiger partial charge in [-0.05, 0) is 141 Å². The maximum Gasteiger partial charge on any atom is 0.408 e. The molecular formula is C42H70N4O12. The maximum absolute atomic E-state index is 13.2. The summed E-state index contributed by atoms with van der Waals surface area (Å²) < 4.78 is 33.0. The fourth-order valence-electron chi connectivity index (χ4n) is 8.08. The first-order valence-corrected chi connectivity index (χ1v) is 22.4. The van der Waals surface area contributed by atoms with Crippen molar-refractivity contribution in [1.82, 2.24) is 21.3 Å². The number of rotatable bonds is 21. The Morgan fingerprint density at radius 1 is 0.397 bits per heavy atom. The van der Waals surface area contributed by atoms with Crippen LogP contribution in [0.15, 0.2) is 0 Å². The second-order valence-electron chi connectivity index (χ2n) is 16.2. The molecule has 0 heterocycles. The van der Waals surface area contributed by atoms with Gasteiger partial charge in [-0.25, -0.2) is 28.8 Å². The Hall–Kier alpha value is -3.98. The summed E-state index contributed by atoms with van der Waals surface area (Å²) >= 11 is 0. The van der Waals surface area contributed by atoms with Gasteiger partial charge in [0.15, 0.2) is 0 Å². The lowest BCUT2D eigenvalue weighted by atomic mass is 9.98. The highest BCUT2D eigenvalue weighted by Crippen LogP contribution is 2.23. The van der Waals surface area contributed by atoms with E-state index < -0.39 is 48.4 Å². The van der Waals surface area contributed by atoms with Crippen molar-refractivity contribution in [1.29, 1.82) is 0 Å². The summed E-state index contributed by atoms with van der Waals surface area (Å²) in [6.07, 6.45) is 19.0. The molecule has 2 unspecified atom stereocenters. The van der Waals surface area contributed by atoms with Gasteiger partial charge in [0.1, 0.15) is 49.7 Å². The first-order valence-electron chi connectivity index (χ1n) is 22.4. The molecule has 16 heteroatoms. The van der Waals surface area contributed by atoms with Crippen LogP contribution in [-0.4, -0.2) is 99.1 Å². The zero-order valence-electron chi connectivity index (χ0n) is 34.6. The largest absolute Gasteiger partial charge is 0.461 e. The van der Waals surface area contributed by atoms with Gasteiger partial charge in [0.25, 0.3) is 0 Å². The van der Waals surface area contributed by atoms with Gasteiger partial charge in [-0.1, -0.05) is 25.7 Å². The van der Waals surface area contributed by atoms with Crippen LogP contribution in [-0.2, 0) is 38.0 Å². The highest BCUT2D eigenvalue weighted by molar-refractivity contribution is 5.82. The number of carbonyl (C=O) groups excluding carboxylic acids is 6. The van der Waals surface area contributed by atoms with Gasteiger partial charge < -0.3 is 49.7 Å². The Morgan fingerprint density at radius 2 is 0.690 bits per heavy atom. The molecule has 4 rings (SSSR count). The number of unbranched alkanes of at least 4 members (excludes halogenated alkanes) is 2. The molecule has 0 aliphatic heterocycles. The fraction of sp³-hybridized carbons (Fsp3) is 0.857. The van der Waals surface area contributed by atoms with Crippen molar-refractivity contribution in [2.75, 3.05) is 26.3 Å². The summed E-state index contributed by atoms with van der Waals surface area (Å²) in [6.45, 7) is 0.147. The predicted octanol–water partition coefficient (Wildman–Crippen LogP) is 7.39. The topological polar surface area (TPSA) is 206 Å². The molecule has 16 nitrogen and oxygen atoms in total. The van der Waals surface area contributed by atoms with Gasteiger partial charge in [0, 0.05) is 13.1 Å². The van der Waals surface area contributed by atoms with Gasteiger partial charge in [-0.15, -0.1) is 0 Å². The minimum atomic E-state index is -1.02. The van der Waals surface area contributed by atoms with Gasteiger partial charge in [-0.3, -0.25) is 0 Å². The van der Waals surface area contributed by atoms with Crippen molar-refractivity contribution in [3.63, 3.8) is 0 Å². The molecule has 330 valence electrons. The molecule has 4 fully saturated rings. The summed E-state index contributed by atoms with van der Waals surface area (Å²) in [4.78, 5) is 76.4. The second kappa shape index (κ2) is 27.7. The number of hydrogen-bond acceptors (Lipinski definition) is 12. The molecule has 4 amide bonds. The van der Waals surface area contributed by atoms with Crippen LogP contribution in [0, 0.1) is 0 Å². The average molecular weight is 823 g/mol. The van der Waals surface area contributed by atoms with Crippen LogP contribution in [0.5, 0.6) is 0 Å². The normalized spacial score (nSPS) is 19.4. The highest BCUT2D eigenvalue weighted by Gasteiger charge is 2.28. The number of carbonyl (C=O) groups is 6. The van der Waals surface area contributed by atoms with Crippen LogP contribution >= 0.6 is 0 Å². The quantitative estimate of drug-likeness (QED) is 0.0508. The number of amides is 4. The van der Waals surface area contributed by atoms with Crippen LogP contribution in [0.2, 0.25) is 0 Å². The van der Waals surface area contributed by atoms with E-state index >= 15 is 0 Å². The minimum Gasteiger partial charge on any atom is -0.461 e. The molecule has 4 aliphatic carbocycles. The summed E-state index contributed by atoms with van der Waals surface area (Å²) in [7, 11) is 0. The van der Waals surface area contributed by atoms with E-state index in [0.29, 0.717) is 38.8 Å². The first kappa shape index (κ1) is 46.7. The molecule has 0 bridgehead atoms. The van der Waals surface area contributed by atoms with Gasteiger partial charge in [-0.2, -0.15) is 0 Å². The summed E-state index contributed by atoms with van der Waals surface area (Å²) in [5.41, 5.74) is 0. The summed E-state index contributed by atoms with van der Waals surface area (Å²) in [5, 5.41) is 10.8. The standard InChI is InChI=1S/C42H70N4O12/c47-37(35(45-41(51)57-33-21-9-3-10-22-33)25-13-15-27-43-39(49)55-31-17-5-1-6-18-31)53-29-30-54-38(48)36(46-42(52)58-34-23-11-4-12-24-34)26-14-16-28-44-40(50)56-32-19-7-2-8-20-32/h31-36H,1-30H2,(H,43,49)(H,44,50)(H,45,51)(H,46,52). The molecule has 0 aromatic carbocycles. The maximum atomic E-state index is 13.2. The zero-order valence-corrected chi connectivity index (χ0v) is 34.6. The van der Waals surface area contributed by atoms with Crippen LogP contribution < -0.4 is 21.3 Å². The third-order valence-electron chi connectivity index (χ3n) is 11.4. The number of ether oxygens (including phenoxy) is 6. The summed E-state index contributed by atoms with van der Waals surface area (Å²) in [6, 6.07) is -2.03. The van der Waals surface area contributed by atoms with Crippen molar-refractivity contribution >= 4 is 36.3 Å². The van der Waals surface area contributed by atoms with Crippen LogP contribution in [0.3, 0.4) is 0 Å².